The molecule has 2 radical (unpaired) electrons. The zero-order valence-electron chi connectivity index (χ0n) is 5.82. The van der Waals surface area contributed by atoms with Crippen molar-refractivity contribution in [1.29, 1.82) is 0 Å². The maximum atomic E-state index is 12.0. The maximum absolute atomic E-state index is 12.0. The van der Waals surface area contributed by atoms with E-state index in [1.54, 1.807) is 0 Å². The molecule has 0 fully saturated rings. The topological polar surface area (TPSA) is 0 Å². The van der Waals surface area contributed by atoms with E-state index in [0.29, 0.717) is 5.56 Å². The second-order valence-electron chi connectivity index (χ2n) is 2.17. The molecule has 0 atom stereocenters. The summed E-state index contributed by atoms with van der Waals surface area (Å²) in [5.41, 5.74) is -0.247. The molecule has 0 aromatic heterocycles. The summed E-state index contributed by atoms with van der Waals surface area (Å²) in [5, 5.41) is 0. The fourth-order valence-corrected chi connectivity index (χ4v) is 0.848. The molecule has 0 unspecified atom stereocenters. The third-order valence-electron chi connectivity index (χ3n) is 1.32. The van der Waals surface area contributed by atoms with Gasteiger partial charge < -0.3 is 0 Å². The molecular formula is C8H4ClF3. The number of benzene rings is 1. The number of halogens is 4. The van der Waals surface area contributed by atoms with Crippen molar-refractivity contribution < 1.29 is 13.2 Å². The molecule has 0 amide bonds. The maximum Gasteiger partial charge on any atom is 0.416 e. The molecule has 4 heteroatoms. The first kappa shape index (κ1) is 9.39. The number of hydrogen-bond acceptors (Lipinski definition) is 0. The zero-order chi connectivity index (χ0) is 9.19. The van der Waals surface area contributed by atoms with Gasteiger partial charge in [0.1, 0.15) is 5.88 Å². The summed E-state index contributed by atoms with van der Waals surface area (Å²) in [5.74, 6) is 2.21. The van der Waals surface area contributed by atoms with Gasteiger partial charge in [0, 0.05) is 0 Å². The van der Waals surface area contributed by atoms with Gasteiger partial charge in [0.25, 0.3) is 0 Å². The second-order valence-corrected chi connectivity index (χ2v) is 2.36. The molecule has 0 spiro atoms. The average molecular weight is 193 g/mol. The summed E-state index contributed by atoms with van der Waals surface area (Å²) in [6.07, 6.45) is -4.29. The number of hydrogen-bond donors (Lipinski definition) is 0. The first-order valence-corrected chi connectivity index (χ1v) is 3.46. The van der Waals surface area contributed by atoms with Crippen LogP contribution in [0.1, 0.15) is 11.1 Å². The van der Waals surface area contributed by atoms with Gasteiger partial charge in [-0.2, -0.15) is 13.2 Å². The highest BCUT2D eigenvalue weighted by molar-refractivity contribution is 6.25. The summed E-state index contributed by atoms with van der Waals surface area (Å²) in [7, 11) is 0. The minimum Gasteiger partial charge on any atom is -0.166 e. The minimum atomic E-state index is -4.29. The molecule has 0 nitrogen and oxygen atoms in total. The summed E-state index contributed by atoms with van der Waals surface area (Å²) in [6, 6.07) is 4.45. The normalized spacial score (nSPS) is 11.7. The van der Waals surface area contributed by atoms with Gasteiger partial charge in [0.15, 0.2) is 0 Å². The molecule has 0 N–H and O–H groups in total. The standard InChI is InChI=1S/C8H4ClF3/c9-5-6-1-3-7(4-2-6)8(10,11)12/h1-4H. The van der Waals surface area contributed by atoms with Crippen LogP contribution in [0.25, 0.3) is 0 Å². The lowest BCUT2D eigenvalue weighted by atomic mass is 10.1. The molecule has 0 heterocycles. The Balaban J connectivity index is 2.93. The van der Waals surface area contributed by atoms with Crippen LogP contribution in [0.15, 0.2) is 24.3 Å². The molecule has 1 rings (SSSR count). The fraction of sp³-hybridized carbons (Fsp3) is 0.125. The van der Waals surface area contributed by atoms with Gasteiger partial charge in [-0.3, -0.25) is 0 Å². The van der Waals surface area contributed by atoms with Crippen molar-refractivity contribution >= 4 is 11.6 Å². The van der Waals surface area contributed by atoms with Crippen LogP contribution in [0.3, 0.4) is 0 Å². The van der Waals surface area contributed by atoms with Crippen molar-refractivity contribution in [2.75, 3.05) is 0 Å². The van der Waals surface area contributed by atoms with Crippen molar-refractivity contribution in [3.63, 3.8) is 0 Å². The van der Waals surface area contributed by atoms with Gasteiger partial charge >= 0.3 is 6.18 Å². The second kappa shape index (κ2) is 3.35. The van der Waals surface area contributed by atoms with Crippen LogP contribution in [0, 0.1) is 5.88 Å². The van der Waals surface area contributed by atoms with E-state index in [0.717, 1.165) is 12.1 Å². The van der Waals surface area contributed by atoms with Crippen LogP contribution >= 0.6 is 11.6 Å². The van der Waals surface area contributed by atoms with Crippen molar-refractivity contribution in [3.8, 4) is 0 Å². The van der Waals surface area contributed by atoms with E-state index in [2.05, 4.69) is 5.88 Å². The molecule has 12 heavy (non-hydrogen) atoms. The van der Waals surface area contributed by atoms with E-state index in [1.807, 2.05) is 0 Å². The minimum absolute atomic E-state index is 0.435. The highest BCUT2D eigenvalue weighted by Crippen LogP contribution is 2.29. The molecular weight excluding hydrogens is 189 g/mol. The highest BCUT2D eigenvalue weighted by Gasteiger charge is 2.29. The molecule has 1 aromatic rings. The molecule has 1 aromatic carbocycles. The van der Waals surface area contributed by atoms with E-state index in [1.165, 1.54) is 12.1 Å². The Hall–Kier alpha value is -0.700. The Kier molecular flexibility index (Phi) is 2.62. The predicted octanol–water partition coefficient (Wildman–Crippen LogP) is 3.33. The molecule has 0 bridgehead atoms. The lowest BCUT2D eigenvalue weighted by Crippen LogP contribution is -2.04. The van der Waals surface area contributed by atoms with E-state index in [9.17, 15) is 13.2 Å². The van der Waals surface area contributed by atoms with Crippen molar-refractivity contribution in [2.45, 2.75) is 6.18 Å². The van der Waals surface area contributed by atoms with Crippen LogP contribution in [0.4, 0.5) is 13.2 Å². The van der Waals surface area contributed by atoms with Gasteiger partial charge in [0.05, 0.1) is 5.56 Å². The molecule has 0 aliphatic rings. The smallest absolute Gasteiger partial charge is 0.166 e. The molecule has 0 saturated heterocycles. The summed E-state index contributed by atoms with van der Waals surface area (Å²) in [6.45, 7) is 0. The zero-order valence-corrected chi connectivity index (χ0v) is 6.58. The van der Waals surface area contributed by atoms with E-state index in [-0.39, 0.29) is 0 Å². The van der Waals surface area contributed by atoms with Crippen LogP contribution < -0.4 is 0 Å². The predicted molar refractivity (Wildman–Crippen MR) is 39.6 cm³/mol. The van der Waals surface area contributed by atoms with Crippen LogP contribution in [-0.4, -0.2) is 0 Å². The van der Waals surface area contributed by atoms with Crippen molar-refractivity contribution in [3.05, 3.63) is 41.3 Å². The Morgan fingerprint density at radius 2 is 1.58 bits per heavy atom. The van der Waals surface area contributed by atoms with E-state index < -0.39 is 11.7 Å². The first-order chi connectivity index (χ1) is 5.54. The van der Waals surface area contributed by atoms with Gasteiger partial charge in [-0.25, -0.2) is 0 Å². The van der Waals surface area contributed by atoms with Crippen LogP contribution in [0.5, 0.6) is 0 Å². The van der Waals surface area contributed by atoms with Gasteiger partial charge in [0.2, 0.25) is 0 Å². The first-order valence-electron chi connectivity index (χ1n) is 3.08. The lowest BCUT2D eigenvalue weighted by Gasteiger charge is -2.05. The summed E-state index contributed by atoms with van der Waals surface area (Å²) in [4.78, 5) is 0. The monoisotopic (exact) mass is 192 g/mol. The molecule has 0 aliphatic carbocycles. The Morgan fingerprint density at radius 3 is 1.92 bits per heavy atom. The Bertz CT molecular complexity index is 250. The number of alkyl halides is 3. The SMILES string of the molecule is FC(F)(F)c1ccc([C]Cl)cc1. The third-order valence-corrected chi connectivity index (χ3v) is 1.54. The Morgan fingerprint density at radius 1 is 1.08 bits per heavy atom. The van der Waals surface area contributed by atoms with Crippen molar-refractivity contribution in [1.82, 2.24) is 0 Å². The highest BCUT2D eigenvalue weighted by atomic mass is 35.5. The van der Waals surface area contributed by atoms with Gasteiger partial charge in [-0.05, 0) is 17.7 Å². The van der Waals surface area contributed by atoms with Crippen LogP contribution in [-0.2, 0) is 6.18 Å². The van der Waals surface area contributed by atoms with Gasteiger partial charge in [-0.1, -0.05) is 12.1 Å². The third kappa shape index (κ3) is 2.14. The lowest BCUT2D eigenvalue weighted by molar-refractivity contribution is -0.137. The number of rotatable bonds is 1. The quantitative estimate of drug-likeness (QED) is 0.640. The molecule has 0 aliphatic heterocycles. The Labute approximate surface area is 73.0 Å². The summed E-state index contributed by atoms with van der Waals surface area (Å²) >= 11 is 5.16. The fourth-order valence-electron chi connectivity index (χ4n) is 0.722. The van der Waals surface area contributed by atoms with Gasteiger partial charge in [-0.15, -0.1) is 11.6 Å². The van der Waals surface area contributed by atoms with Crippen LogP contribution in [0.2, 0.25) is 0 Å². The largest absolute Gasteiger partial charge is 0.416 e. The average Bonchev–Trinajstić information content (AvgIpc) is 2.03. The van der Waals surface area contributed by atoms with Crippen molar-refractivity contribution in [2.24, 2.45) is 0 Å². The molecule has 0 saturated carbocycles. The molecule has 64 valence electrons. The van der Waals surface area contributed by atoms with E-state index in [4.69, 9.17) is 11.6 Å². The summed E-state index contributed by atoms with van der Waals surface area (Å²) < 4.78 is 35.9. The van der Waals surface area contributed by atoms with E-state index >= 15 is 0 Å².